The van der Waals surface area contributed by atoms with Gasteiger partial charge in [0, 0.05) is 23.2 Å². The lowest BCUT2D eigenvalue weighted by molar-refractivity contribution is 0.482. The number of benzene rings is 2. The summed E-state index contributed by atoms with van der Waals surface area (Å²) in [6.45, 7) is 2.16. The summed E-state index contributed by atoms with van der Waals surface area (Å²) >= 11 is 0. The second kappa shape index (κ2) is 2.89. The van der Waals surface area contributed by atoms with E-state index in [0.29, 0.717) is 11.8 Å². The third-order valence-corrected chi connectivity index (χ3v) is 3.05. The van der Waals surface area contributed by atoms with Gasteiger partial charge in [-0.3, -0.25) is 0 Å². The summed E-state index contributed by atoms with van der Waals surface area (Å²) in [6, 6.07) is 10.3. The van der Waals surface area contributed by atoms with Gasteiger partial charge in [0.15, 0.2) is 0 Å². The van der Waals surface area contributed by atoms with Crippen molar-refractivity contribution in [3.8, 4) is 5.75 Å². The Morgan fingerprint density at radius 2 is 2.00 bits per heavy atom. The molecule has 15 heavy (non-hydrogen) atoms. The van der Waals surface area contributed by atoms with Crippen LogP contribution in [0.4, 0.5) is 5.69 Å². The van der Waals surface area contributed by atoms with Gasteiger partial charge in [-0.15, -0.1) is 0 Å². The first kappa shape index (κ1) is 8.60. The molecule has 76 valence electrons. The summed E-state index contributed by atoms with van der Waals surface area (Å²) in [6.07, 6.45) is 1.04. The Kier molecular flexibility index (Phi) is 1.66. The van der Waals surface area contributed by atoms with Gasteiger partial charge in [-0.05, 0) is 24.3 Å². The Bertz CT molecular complexity index is 533. The molecular formula is C13H13NO. The van der Waals surface area contributed by atoms with Gasteiger partial charge in [0.05, 0.1) is 0 Å². The van der Waals surface area contributed by atoms with Crippen molar-refractivity contribution in [1.82, 2.24) is 0 Å². The predicted octanol–water partition coefficient (Wildman–Crippen LogP) is 2.90. The van der Waals surface area contributed by atoms with Gasteiger partial charge in [0.1, 0.15) is 5.75 Å². The van der Waals surface area contributed by atoms with Gasteiger partial charge in [-0.2, -0.15) is 0 Å². The second-order valence-corrected chi connectivity index (χ2v) is 4.22. The number of hydrogen-bond acceptors (Lipinski definition) is 2. The molecule has 1 heterocycles. The van der Waals surface area contributed by atoms with Gasteiger partial charge in [-0.25, -0.2) is 0 Å². The Labute approximate surface area is 88.5 Å². The fourth-order valence-electron chi connectivity index (χ4n) is 2.39. The third kappa shape index (κ3) is 1.18. The lowest BCUT2D eigenvalue weighted by Crippen LogP contribution is -2.08. The number of phenolic OH excluding ortho intramolecular Hbond substituents is 1. The van der Waals surface area contributed by atoms with Crippen LogP contribution in [0, 0.1) is 0 Å². The van der Waals surface area contributed by atoms with Crippen LogP contribution in [0.3, 0.4) is 0 Å². The van der Waals surface area contributed by atoms with E-state index >= 15 is 0 Å². The molecule has 2 aromatic rings. The number of phenols is 1. The zero-order valence-corrected chi connectivity index (χ0v) is 8.62. The van der Waals surface area contributed by atoms with Crippen LogP contribution in [0.1, 0.15) is 12.5 Å². The van der Waals surface area contributed by atoms with Gasteiger partial charge >= 0.3 is 0 Å². The molecule has 2 heteroatoms. The van der Waals surface area contributed by atoms with E-state index in [-0.39, 0.29) is 0 Å². The molecule has 0 saturated carbocycles. The van der Waals surface area contributed by atoms with Crippen molar-refractivity contribution < 1.29 is 5.11 Å². The van der Waals surface area contributed by atoms with Crippen LogP contribution in [0.5, 0.6) is 5.75 Å². The van der Waals surface area contributed by atoms with Crippen LogP contribution < -0.4 is 5.32 Å². The SMILES string of the molecule is CC1Cc2c(cc(O)c3ccccc23)N1. The highest BCUT2D eigenvalue weighted by Crippen LogP contribution is 2.37. The van der Waals surface area contributed by atoms with E-state index in [2.05, 4.69) is 18.3 Å². The molecular weight excluding hydrogens is 186 g/mol. The summed E-state index contributed by atoms with van der Waals surface area (Å²) in [7, 11) is 0. The molecule has 2 aromatic carbocycles. The molecule has 0 aliphatic carbocycles. The number of rotatable bonds is 0. The Morgan fingerprint density at radius 1 is 1.27 bits per heavy atom. The average Bonchev–Trinajstić information content (AvgIpc) is 2.59. The molecule has 0 aromatic heterocycles. The molecule has 0 radical (unpaired) electrons. The van der Waals surface area contributed by atoms with E-state index in [9.17, 15) is 5.11 Å². The number of aromatic hydroxyl groups is 1. The first-order valence-corrected chi connectivity index (χ1v) is 5.26. The molecule has 1 unspecified atom stereocenters. The summed E-state index contributed by atoms with van der Waals surface area (Å²) < 4.78 is 0. The minimum atomic E-state index is 0.367. The summed E-state index contributed by atoms with van der Waals surface area (Å²) in [5.74, 6) is 0.367. The Morgan fingerprint density at radius 3 is 2.80 bits per heavy atom. The van der Waals surface area contributed by atoms with E-state index < -0.39 is 0 Å². The number of anilines is 1. The third-order valence-electron chi connectivity index (χ3n) is 3.05. The quantitative estimate of drug-likeness (QED) is 0.683. The molecule has 0 spiro atoms. The standard InChI is InChI=1S/C13H13NO/c1-8-6-11-9-4-2-3-5-10(9)13(15)7-12(11)14-8/h2-5,7-8,14-15H,6H2,1H3. The van der Waals surface area contributed by atoms with Crippen molar-refractivity contribution in [3.63, 3.8) is 0 Å². The topological polar surface area (TPSA) is 32.3 Å². The maximum absolute atomic E-state index is 9.88. The molecule has 0 amide bonds. The highest BCUT2D eigenvalue weighted by molar-refractivity contribution is 5.95. The van der Waals surface area contributed by atoms with Crippen molar-refractivity contribution in [3.05, 3.63) is 35.9 Å². The number of fused-ring (bicyclic) bond motifs is 3. The van der Waals surface area contributed by atoms with Crippen molar-refractivity contribution in [2.45, 2.75) is 19.4 Å². The van der Waals surface area contributed by atoms with Crippen molar-refractivity contribution in [2.24, 2.45) is 0 Å². The van der Waals surface area contributed by atoms with E-state index in [0.717, 1.165) is 17.5 Å². The lowest BCUT2D eigenvalue weighted by atomic mass is 10.0. The van der Waals surface area contributed by atoms with E-state index in [1.54, 1.807) is 0 Å². The molecule has 0 saturated heterocycles. The van der Waals surface area contributed by atoms with Crippen molar-refractivity contribution in [1.29, 1.82) is 0 Å². The fourth-order valence-corrected chi connectivity index (χ4v) is 2.39. The van der Waals surface area contributed by atoms with Gasteiger partial charge in [0.25, 0.3) is 0 Å². The molecule has 1 aliphatic rings. The van der Waals surface area contributed by atoms with Gasteiger partial charge < -0.3 is 10.4 Å². The molecule has 0 bridgehead atoms. The summed E-state index contributed by atoms with van der Waals surface area (Å²) in [4.78, 5) is 0. The van der Waals surface area contributed by atoms with Crippen LogP contribution in [0.2, 0.25) is 0 Å². The minimum absolute atomic E-state index is 0.367. The van der Waals surface area contributed by atoms with Crippen molar-refractivity contribution in [2.75, 3.05) is 5.32 Å². The van der Waals surface area contributed by atoms with Gasteiger partial charge in [0.2, 0.25) is 0 Å². The molecule has 2 nitrogen and oxygen atoms in total. The molecule has 0 fully saturated rings. The summed E-state index contributed by atoms with van der Waals surface area (Å²) in [5, 5.41) is 15.4. The number of hydrogen-bond donors (Lipinski definition) is 2. The van der Waals surface area contributed by atoms with Crippen molar-refractivity contribution >= 4 is 16.5 Å². The lowest BCUT2D eigenvalue weighted by Gasteiger charge is -2.06. The fraction of sp³-hybridized carbons (Fsp3) is 0.231. The zero-order chi connectivity index (χ0) is 10.4. The van der Waals surface area contributed by atoms with Crippen LogP contribution in [-0.4, -0.2) is 11.1 Å². The number of nitrogens with one attached hydrogen (secondary N) is 1. The van der Waals surface area contributed by atoms with Crippen LogP contribution >= 0.6 is 0 Å². The Balaban J connectivity index is 2.38. The van der Waals surface area contributed by atoms with E-state index in [1.165, 1.54) is 10.9 Å². The zero-order valence-electron chi connectivity index (χ0n) is 8.62. The molecule has 1 aliphatic heterocycles. The maximum Gasteiger partial charge on any atom is 0.125 e. The maximum atomic E-state index is 9.88. The smallest absolute Gasteiger partial charge is 0.125 e. The van der Waals surface area contributed by atoms with Gasteiger partial charge in [-0.1, -0.05) is 24.3 Å². The average molecular weight is 199 g/mol. The molecule has 1 atom stereocenters. The first-order chi connectivity index (χ1) is 7.25. The second-order valence-electron chi connectivity index (χ2n) is 4.22. The van der Waals surface area contributed by atoms with Crippen LogP contribution in [-0.2, 0) is 6.42 Å². The minimum Gasteiger partial charge on any atom is -0.507 e. The summed E-state index contributed by atoms with van der Waals surface area (Å²) in [5.41, 5.74) is 2.41. The normalized spacial score (nSPS) is 18.9. The highest BCUT2D eigenvalue weighted by Gasteiger charge is 2.20. The predicted molar refractivity (Wildman–Crippen MR) is 62.4 cm³/mol. The van der Waals surface area contributed by atoms with Crippen LogP contribution in [0.25, 0.3) is 10.8 Å². The largest absolute Gasteiger partial charge is 0.507 e. The molecule has 2 N–H and O–H groups in total. The highest BCUT2D eigenvalue weighted by atomic mass is 16.3. The van der Waals surface area contributed by atoms with Crippen LogP contribution in [0.15, 0.2) is 30.3 Å². The van der Waals surface area contributed by atoms with E-state index in [1.807, 2.05) is 24.3 Å². The Hall–Kier alpha value is -1.70. The molecule has 3 rings (SSSR count). The van der Waals surface area contributed by atoms with E-state index in [4.69, 9.17) is 0 Å². The first-order valence-electron chi connectivity index (χ1n) is 5.26. The monoisotopic (exact) mass is 199 g/mol.